The monoisotopic (exact) mass is 402 g/mol. The van der Waals surface area contributed by atoms with Gasteiger partial charge < -0.3 is 10.2 Å². The van der Waals surface area contributed by atoms with Crippen LogP contribution in [-0.2, 0) is 0 Å². The van der Waals surface area contributed by atoms with E-state index < -0.39 is 5.60 Å². The number of aliphatic hydroxyl groups excluding tert-OH is 1. The first kappa shape index (κ1) is 21.9. The lowest BCUT2D eigenvalue weighted by Gasteiger charge is -2.61. The van der Waals surface area contributed by atoms with E-state index >= 15 is 0 Å². The number of hydrogen-bond acceptors (Lipinski definition) is 2. The van der Waals surface area contributed by atoms with E-state index in [9.17, 15) is 10.2 Å². The van der Waals surface area contributed by atoms with Gasteiger partial charge in [0, 0.05) is 11.8 Å². The summed E-state index contributed by atoms with van der Waals surface area (Å²) in [5, 5.41) is 21.8. The Morgan fingerprint density at radius 2 is 1.76 bits per heavy atom. The van der Waals surface area contributed by atoms with Gasteiger partial charge in [-0.1, -0.05) is 65.5 Å². The highest BCUT2D eigenvalue weighted by Crippen LogP contribution is 2.67. The standard InChI is InChI=1S/C27H46O2/c1-18(2)7-6-8-19(3)22-9-10-23-21-12-16-27(29)17-20(28)11-15-26(27,5)24(21)13-14-25(22,23)4/h12,18-20,22-24,28-29H,6-11,13-17H2,1-5H3/t19-,20+,22-,23+,24+,25-,26-,27+/m1/s1. The van der Waals surface area contributed by atoms with Crippen LogP contribution in [0.1, 0.15) is 105 Å². The maximum Gasteiger partial charge on any atom is 0.0765 e. The Kier molecular flexibility index (Phi) is 5.78. The summed E-state index contributed by atoms with van der Waals surface area (Å²) in [4.78, 5) is 0. The second kappa shape index (κ2) is 7.66. The summed E-state index contributed by atoms with van der Waals surface area (Å²) in [7, 11) is 0. The molecule has 0 aliphatic heterocycles. The lowest BCUT2D eigenvalue weighted by molar-refractivity contribution is -0.168. The number of aliphatic hydroxyl groups is 2. The van der Waals surface area contributed by atoms with Crippen molar-refractivity contribution < 1.29 is 10.2 Å². The fourth-order valence-corrected chi connectivity index (χ4v) is 8.52. The molecule has 8 atom stereocenters. The van der Waals surface area contributed by atoms with Gasteiger partial charge in [0.05, 0.1) is 11.7 Å². The van der Waals surface area contributed by atoms with Crippen LogP contribution in [0.4, 0.5) is 0 Å². The van der Waals surface area contributed by atoms with Crippen molar-refractivity contribution in [3.05, 3.63) is 11.6 Å². The van der Waals surface area contributed by atoms with E-state index in [0.717, 1.165) is 42.9 Å². The molecule has 0 aromatic heterocycles. The summed E-state index contributed by atoms with van der Waals surface area (Å²) < 4.78 is 0. The van der Waals surface area contributed by atoms with Gasteiger partial charge in [-0.15, -0.1) is 0 Å². The molecule has 0 unspecified atom stereocenters. The van der Waals surface area contributed by atoms with Crippen LogP contribution in [0.3, 0.4) is 0 Å². The molecule has 166 valence electrons. The van der Waals surface area contributed by atoms with Crippen molar-refractivity contribution in [3.63, 3.8) is 0 Å². The molecule has 0 amide bonds. The van der Waals surface area contributed by atoms with Gasteiger partial charge in [-0.3, -0.25) is 0 Å². The molecule has 4 aliphatic carbocycles. The Bertz CT molecular complexity index is 638. The smallest absolute Gasteiger partial charge is 0.0765 e. The highest BCUT2D eigenvalue weighted by molar-refractivity contribution is 5.30. The molecular weight excluding hydrogens is 356 g/mol. The highest BCUT2D eigenvalue weighted by Gasteiger charge is 2.62. The molecule has 0 spiro atoms. The van der Waals surface area contributed by atoms with Crippen molar-refractivity contribution in [1.82, 2.24) is 0 Å². The summed E-state index contributed by atoms with van der Waals surface area (Å²) >= 11 is 0. The van der Waals surface area contributed by atoms with E-state index in [1.807, 2.05) is 0 Å². The lowest BCUT2D eigenvalue weighted by atomic mass is 9.46. The summed E-state index contributed by atoms with van der Waals surface area (Å²) in [6.45, 7) is 12.2. The molecule has 4 rings (SSSR count). The Morgan fingerprint density at radius 3 is 2.48 bits per heavy atom. The van der Waals surface area contributed by atoms with E-state index in [4.69, 9.17) is 0 Å². The average molecular weight is 403 g/mol. The predicted molar refractivity (Wildman–Crippen MR) is 121 cm³/mol. The van der Waals surface area contributed by atoms with Gasteiger partial charge >= 0.3 is 0 Å². The fraction of sp³-hybridized carbons (Fsp3) is 0.926. The molecule has 0 aromatic rings. The van der Waals surface area contributed by atoms with E-state index in [1.165, 1.54) is 44.9 Å². The van der Waals surface area contributed by atoms with Crippen LogP contribution in [0.15, 0.2) is 11.6 Å². The van der Waals surface area contributed by atoms with Gasteiger partial charge in [0.25, 0.3) is 0 Å². The average Bonchev–Trinajstić information content (AvgIpc) is 2.99. The van der Waals surface area contributed by atoms with Crippen molar-refractivity contribution in [3.8, 4) is 0 Å². The third-order valence-corrected chi connectivity index (χ3v) is 10.4. The molecule has 29 heavy (non-hydrogen) atoms. The first-order chi connectivity index (χ1) is 13.6. The van der Waals surface area contributed by atoms with Gasteiger partial charge in [-0.05, 0) is 80.0 Å². The zero-order chi connectivity index (χ0) is 21.0. The fourth-order valence-electron chi connectivity index (χ4n) is 8.52. The summed E-state index contributed by atoms with van der Waals surface area (Å²) in [5.74, 6) is 3.78. The van der Waals surface area contributed by atoms with Crippen molar-refractivity contribution >= 4 is 0 Å². The molecule has 0 bridgehead atoms. The molecule has 3 saturated carbocycles. The summed E-state index contributed by atoms with van der Waals surface area (Å²) in [5.41, 5.74) is 1.42. The highest BCUT2D eigenvalue weighted by atomic mass is 16.3. The molecule has 3 fully saturated rings. The SMILES string of the molecule is CC(C)CCC[C@@H](C)[C@H]1CC[C@H]2C3=CC[C@]4(O)C[C@@H](O)CC[C@]4(C)[C@H]3CC[C@]12C. The Hall–Kier alpha value is -0.340. The quantitative estimate of drug-likeness (QED) is 0.515. The third-order valence-electron chi connectivity index (χ3n) is 10.4. The molecule has 0 heterocycles. The predicted octanol–water partition coefficient (Wildman–Crippen LogP) is 6.50. The van der Waals surface area contributed by atoms with Crippen LogP contribution in [0.2, 0.25) is 0 Å². The van der Waals surface area contributed by atoms with Gasteiger partial charge in [-0.2, -0.15) is 0 Å². The van der Waals surface area contributed by atoms with Crippen LogP contribution < -0.4 is 0 Å². The largest absolute Gasteiger partial charge is 0.393 e. The number of hydrogen-bond donors (Lipinski definition) is 2. The summed E-state index contributed by atoms with van der Waals surface area (Å²) in [6, 6.07) is 0. The Labute approximate surface area is 179 Å². The van der Waals surface area contributed by atoms with Gasteiger partial charge in [0.2, 0.25) is 0 Å². The van der Waals surface area contributed by atoms with Crippen LogP contribution >= 0.6 is 0 Å². The molecule has 4 aliphatic rings. The molecule has 0 saturated heterocycles. The number of rotatable bonds is 5. The second-order valence-electron chi connectivity index (χ2n) is 12.4. The van der Waals surface area contributed by atoms with Crippen LogP contribution in [0.25, 0.3) is 0 Å². The van der Waals surface area contributed by atoms with Gasteiger partial charge in [0.15, 0.2) is 0 Å². The number of allylic oxidation sites excluding steroid dienone is 1. The van der Waals surface area contributed by atoms with Crippen LogP contribution in [-0.4, -0.2) is 21.9 Å². The van der Waals surface area contributed by atoms with E-state index in [-0.39, 0.29) is 11.5 Å². The van der Waals surface area contributed by atoms with Crippen molar-refractivity contribution in [1.29, 1.82) is 0 Å². The minimum Gasteiger partial charge on any atom is -0.393 e. The van der Waals surface area contributed by atoms with Crippen LogP contribution in [0.5, 0.6) is 0 Å². The first-order valence-electron chi connectivity index (χ1n) is 12.7. The van der Waals surface area contributed by atoms with Crippen molar-refractivity contribution in [2.75, 3.05) is 0 Å². The third kappa shape index (κ3) is 3.45. The number of fused-ring (bicyclic) bond motifs is 5. The maximum absolute atomic E-state index is 11.5. The molecular formula is C27H46O2. The van der Waals surface area contributed by atoms with E-state index in [0.29, 0.717) is 17.8 Å². The second-order valence-corrected chi connectivity index (χ2v) is 12.4. The minimum atomic E-state index is -0.700. The van der Waals surface area contributed by atoms with E-state index in [1.54, 1.807) is 5.57 Å². The topological polar surface area (TPSA) is 40.5 Å². The van der Waals surface area contributed by atoms with Crippen molar-refractivity contribution in [2.24, 2.45) is 40.4 Å². The Balaban J connectivity index is 1.53. The molecule has 2 N–H and O–H groups in total. The Morgan fingerprint density at radius 1 is 1.00 bits per heavy atom. The van der Waals surface area contributed by atoms with Crippen LogP contribution in [0, 0.1) is 40.4 Å². The molecule has 0 aromatic carbocycles. The maximum atomic E-state index is 11.5. The zero-order valence-electron chi connectivity index (χ0n) is 19.7. The normalized spacial score (nSPS) is 47.9. The van der Waals surface area contributed by atoms with Gasteiger partial charge in [-0.25, -0.2) is 0 Å². The van der Waals surface area contributed by atoms with Gasteiger partial charge in [0.1, 0.15) is 0 Å². The molecule has 0 radical (unpaired) electrons. The van der Waals surface area contributed by atoms with E-state index in [2.05, 4.69) is 40.7 Å². The summed E-state index contributed by atoms with van der Waals surface area (Å²) in [6.07, 6.45) is 14.8. The molecule has 2 heteroatoms. The van der Waals surface area contributed by atoms with Crippen molar-refractivity contribution in [2.45, 2.75) is 117 Å². The zero-order valence-corrected chi connectivity index (χ0v) is 19.7. The first-order valence-corrected chi connectivity index (χ1v) is 12.7. The minimum absolute atomic E-state index is 0.0430. The lowest BCUT2D eigenvalue weighted by Crippen LogP contribution is -2.59. The molecule has 2 nitrogen and oxygen atoms in total.